The molecule has 3 rings (SSSR count). The number of hydrogen-bond acceptors (Lipinski definition) is 3. The molecule has 0 saturated carbocycles. The topological polar surface area (TPSA) is 76.0 Å². The summed E-state index contributed by atoms with van der Waals surface area (Å²) < 4.78 is 1.87. The van der Waals surface area contributed by atoms with Crippen LogP contribution in [0, 0.1) is 19.3 Å². The first-order valence-corrected chi connectivity index (χ1v) is 8.77. The molecule has 1 aromatic rings. The van der Waals surface area contributed by atoms with Gasteiger partial charge in [-0.3, -0.25) is 14.3 Å². The average Bonchev–Trinajstić information content (AvgIpc) is 2.89. The van der Waals surface area contributed by atoms with Crippen molar-refractivity contribution in [1.29, 1.82) is 0 Å². The standard InChI is InChI=1S/C18H26N4O2/c1-13-11-14(2)22(21-13)10-7-16(23)19-12-18-8-4-3-5-15(18)20-17(24)6-9-18/h5,11H,3-4,6-10,12H2,1-2H3,(H,19,23)(H,20,24). The molecule has 0 bridgehead atoms. The van der Waals surface area contributed by atoms with Gasteiger partial charge in [-0.15, -0.1) is 0 Å². The van der Waals surface area contributed by atoms with Gasteiger partial charge >= 0.3 is 0 Å². The molecule has 6 heteroatoms. The number of hydrogen-bond donors (Lipinski definition) is 2. The van der Waals surface area contributed by atoms with E-state index in [0.717, 1.165) is 42.8 Å². The molecule has 0 spiro atoms. The summed E-state index contributed by atoms with van der Waals surface area (Å²) >= 11 is 0. The lowest BCUT2D eigenvalue weighted by molar-refractivity contribution is -0.123. The molecular formula is C18H26N4O2. The van der Waals surface area contributed by atoms with Gasteiger partial charge in [0.2, 0.25) is 11.8 Å². The van der Waals surface area contributed by atoms with Crippen LogP contribution in [0.5, 0.6) is 0 Å². The minimum atomic E-state index is -0.0833. The summed E-state index contributed by atoms with van der Waals surface area (Å²) in [5.74, 6) is 0.133. The zero-order valence-electron chi connectivity index (χ0n) is 14.5. The van der Waals surface area contributed by atoms with Crippen molar-refractivity contribution in [3.05, 3.63) is 29.2 Å². The van der Waals surface area contributed by atoms with Gasteiger partial charge in [0.1, 0.15) is 0 Å². The van der Waals surface area contributed by atoms with Gasteiger partial charge in [-0.2, -0.15) is 5.10 Å². The first-order chi connectivity index (χ1) is 11.5. The third-order valence-corrected chi connectivity index (χ3v) is 5.16. The molecule has 1 fully saturated rings. The van der Waals surface area contributed by atoms with Crippen LogP contribution in [0.4, 0.5) is 0 Å². The monoisotopic (exact) mass is 330 g/mol. The predicted octanol–water partition coefficient (Wildman–Crippen LogP) is 1.97. The summed E-state index contributed by atoms with van der Waals surface area (Å²) in [4.78, 5) is 23.9. The van der Waals surface area contributed by atoms with Crippen molar-refractivity contribution in [2.24, 2.45) is 5.41 Å². The number of allylic oxidation sites excluding steroid dienone is 1. The van der Waals surface area contributed by atoms with Gasteiger partial charge in [0.15, 0.2) is 0 Å². The number of rotatable bonds is 5. The molecule has 1 aliphatic heterocycles. The van der Waals surface area contributed by atoms with Crippen LogP contribution in [0.25, 0.3) is 0 Å². The van der Waals surface area contributed by atoms with Crippen molar-refractivity contribution < 1.29 is 9.59 Å². The Hall–Kier alpha value is -2.11. The van der Waals surface area contributed by atoms with E-state index in [9.17, 15) is 9.59 Å². The van der Waals surface area contributed by atoms with E-state index in [1.54, 1.807) is 0 Å². The van der Waals surface area contributed by atoms with Gasteiger partial charge in [0.25, 0.3) is 0 Å². The van der Waals surface area contributed by atoms with Crippen molar-refractivity contribution >= 4 is 11.8 Å². The van der Waals surface area contributed by atoms with Crippen molar-refractivity contribution in [1.82, 2.24) is 20.4 Å². The van der Waals surface area contributed by atoms with Crippen LogP contribution in [-0.2, 0) is 16.1 Å². The highest BCUT2D eigenvalue weighted by atomic mass is 16.2. The van der Waals surface area contributed by atoms with Crippen LogP contribution in [0.3, 0.4) is 0 Å². The summed E-state index contributed by atoms with van der Waals surface area (Å²) in [5, 5.41) is 10.5. The molecular weight excluding hydrogens is 304 g/mol. The molecule has 1 unspecified atom stereocenters. The molecule has 0 radical (unpaired) electrons. The molecule has 2 N–H and O–H groups in total. The largest absolute Gasteiger partial charge is 0.355 e. The molecule has 1 atom stereocenters. The summed E-state index contributed by atoms with van der Waals surface area (Å²) in [5.41, 5.74) is 2.98. The fraction of sp³-hybridized carbons (Fsp3) is 0.611. The normalized spacial score (nSPS) is 23.2. The zero-order valence-corrected chi connectivity index (χ0v) is 14.5. The molecule has 2 heterocycles. The van der Waals surface area contributed by atoms with Crippen molar-refractivity contribution in [3.63, 3.8) is 0 Å². The number of amides is 2. The fourth-order valence-corrected chi connectivity index (χ4v) is 3.78. The number of aryl methyl sites for hydroxylation is 3. The Morgan fingerprint density at radius 2 is 2.25 bits per heavy atom. The quantitative estimate of drug-likeness (QED) is 0.866. The highest BCUT2D eigenvalue weighted by Crippen LogP contribution is 2.42. The minimum Gasteiger partial charge on any atom is -0.355 e. The van der Waals surface area contributed by atoms with Gasteiger partial charge in [-0.05, 0) is 45.6 Å². The minimum absolute atomic E-state index is 0.0405. The number of piperidine rings is 1. The van der Waals surface area contributed by atoms with Crippen molar-refractivity contribution in [3.8, 4) is 0 Å². The van der Waals surface area contributed by atoms with E-state index in [1.165, 1.54) is 0 Å². The maximum absolute atomic E-state index is 12.3. The van der Waals surface area contributed by atoms with Crippen molar-refractivity contribution in [2.45, 2.75) is 58.9 Å². The van der Waals surface area contributed by atoms with Gasteiger partial charge in [0, 0.05) is 42.7 Å². The lowest BCUT2D eigenvalue weighted by Gasteiger charge is -2.42. The lowest BCUT2D eigenvalue weighted by atomic mass is 9.70. The SMILES string of the molecule is Cc1cc(C)n(CCC(=O)NCC23CCCC=C2NC(=O)CC3)n1. The van der Waals surface area contributed by atoms with E-state index < -0.39 is 0 Å². The second-order valence-electron chi connectivity index (χ2n) is 7.02. The Balaban J connectivity index is 1.55. The molecule has 2 aliphatic rings. The summed E-state index contributed by atoms with van der Waals surface area (Å²) in [6, 6.07) is 2.01. The number of fused-ring (bicyclic) bond motifs is 1. The molecule has 24 heavy (non-hydrogen) atoms. The maximum Gasteiger partial charge on any atom is 0.224 e. The molecule has 1 aromatic heterocycles. The zero-order chi connectivity index (χ0) is 17.2. The number of aromatic nitrogens is 2. The molecule has 2 amide bonds. The number of nitrogens with zero attached hydrogens (tertiary/aromatic N) is 2. The van der Waals surface area contributed by atoms with E-state index in [-0.39, 0.29) is 17.2 Å². The second kappa shape index (κ2) is 6.79. The maximum atomic E-state index is 12.3. The van der Waals surface area contributed by atoms with E-state index >= 15 is 0 Å². The highest BCUT2D eigenvalue weighted by molar-refractivity contribution is 5.80. The van der Waals surface area contributed by atoms with Crippen LogP contribution in [0.2, 0.25) is 0 Å². The summed E-state index contributed by atoms with van der Waals surface area (Å²) in [6.45, 7) is 5.16. The third kappa shape index (κ3) is 3.52. The van der Waals surface area contributed by atoms with E-state index in [0.29, 0.717) is 25.9 Å². The predicted molar refractivity (Wildman–Crippen MR) is 91.1 cm³/mol. The molecule has 1 saturated heterocycles. The van der Waals surface area contributed by atoms with Crippen LogP contribution < -0.4 is 10.6 Å². The van der Waals surface area contributed by atoms with Gasteiger partial charge in [0.05, 0.1) is 5.69 Å². The van der Waals surface area contributed by atoms with Crippen molar-refractivity contribution in [2.75, 3.05) is 6.54 Å². The van der Waals surface area contributed by atoms with Gasteiger partial charge in [-0.25, -0.2) is 0 Å². The van der Waals surface area contributed by atoms with Crippen LogP contribution in [0.1, 0.15) is 49.9 Å². The smallest absolute Gasteiger partial charge is 0.224 e. The fourth-order valence-electron chi connectivity index (χ4n) is 3.78. The van der Waals surface area contributed by atoms with Gasteiger partial charge < -0.3 is 10.6 Å². The Kier molecular flexibility index (Phi) is 4.73. The Labute approximate surface area is 142 Å². The number of nitrogens with one attached hydrogen (secondary N) is 2. The van der Waals surface area contributed by atoms with Crippen LogP contribution >= 0.6 is 0 Å². The third-order valence-electron chi connectivity index (χ3n) is 5.16. The van der Waals surface area contributed by atoms with E-state index in [1.807, 2.05) is 24.6 Å². The number of carbonyl (C=O) groups is 2. The number of carbonyl (C=O) groups excluding carboxylic acids is 2. The molecule has 130 valence electrons. The Morgan fingerprint density at radius 1 is 1.42 bits per heavy atom. The molecule has 6 nitrogen and oxygen atoms in total. The van der Waals surface area contributed by atoms with Gasteiger partial charge in [-0.1, -0.05) is 6.08 Å². The van der Waals surface area contributed by atoms with Crippen LogP contribution in [0.15, 0.2) is 17.8 Å². The second-order valence-corrected chi connectivity index (χ2v) is 7.02. The Morgan fingerprint density at radius 3 is 3.00 bits per heavy atom. The lowest BCUT2D eigenvalue weighted by Crippen LogP contribution is -2.48. The van der Waals surface area contributed by atoms with E-state index in [4.69, 9.17) is 0 Å². The highest BCUT2D eigenvalue weighted by Gasteiger charge is 2.40. The summed E-state index contributed by atoms with van der Waals surface area (Å²) in [7, 11) is 0. The first-order valence-electron chi connectivity index (χ1n) is 8.77. The first kappa shape index (κ1) is 16.7. The Bertz CT molecular complexity index is 677. The molecule has 0 aromatic carbocycles. The average molecular weight is 330 g/mol. The summed E-state index contributed by atoms with van der Waals surface area (Å²) in [6.07, 6.45) is 7.05. The van der Waals surface area contributed by atoms with E-state index in [2.05, 4.69) is 21.8 Å². The molecule has 1 aliphatic carbocycles. The van der Waals surface area contributed by atoms with Crippen LogP contribution in [-0.4, -0.2) is 28.1 Å².